The van der Waals surface area contributed by atoms with Crippen LogP contribution in [0.1, 0.15) is 82.6 Å². The van der Waals surface area contributed by atoms with Crippen LogP contribution in [-0.2, 0) is 6.54 Å². The Morgan fingerprint density at radius 3 is 1.95 bits per heavy atom. The maximum absolute atomic E-state index is 14.4. The van der Waals surface area contributed by atoms with Crippen molar-refractivity contribution in [3.05, 3.63) is 65.7 Å². The van der Waals surface area contributed by atoms with E-state index in [9.17, 15) is 4.79 Å². The number of aromatic nitrogens is 1. The zero-order valence-electron chi connectivity index (χ0n) is 27.4. The van der Waals surface area contributed by atoms with Gasteiger partial charge in [0.1, 0.15) is 0 Å². The van der Waals surface area contributed by atoms with E-state index in [4.69, 9.17) is 4.98 Å². The van der Waals surface area contributed by atoms with Gasteiger partial charge < -0.3 is 15.1 Å². The lowest BCUT2D eigenvalue weighted by molar-refractivity contribution is 0.0918. The zero-order chi connectivity index (χ0) is 30.6. The fourth-order valence-electron chi connectivity index (χ4n) is 6.67. The molecule has 43 heavy (non-hydrogen) atoms. The van der Waals surface area contributed by atoms with Crippen molar-refractivity contribution in [3.8, 4) is 11.3 Å². The Kier molecular flexibility index (Phi) is 13.0. The summed E-state index contributed by atoms with van der Waals surface area (Å²) in [5.41, 5.74) is 4.69. The molecular formula is C37H55N5O. The van der Waals surface area contributed by atoms with Gasteiger partial charge in [-0.2, -0.15) is 0 Å². The fourth-order valence-corrected chi connectivity index (χ4v) is 6.67. The molecule has 1 amide bonds. The lowest BCUT2D eigenvalue weighted by Gasteiger charge is -2.31. The van der Waals surface area contributed by atoms with Crippen LogP contribution in [0.2, 0.25) is 0 Å². The molecule has 0 bridgehead atoms. The topological polar surface area (TPSA) is 51.7 Å². The van der Waals surface area contributed by atoms with Crippen molar-refractivity contribution in [2.45, 2.75) is 79.3 Å². The number of fused-ring (bicyclic) bond motifs is 1. The number of hydrogen-bond donors (Lipinski definition) is 1. The van der Waals surface area contributed by atoms with E-state index >= 15 is 0 Å². The first-order chi connectivity index (χ1) is 21.0. The molecule has 234 valence electrons. The maximum Gasteiger partial charge on any atom is 0.252 e. The van der Waals surface area contributed by atoms with Gasteiger partial charge >= 0.3 is 0 Å². The van der Waals surface area contributed by atoms with Crippen molar-refractivity contribution in [1.29, 1.82) is 0 Å². The third-order valence-electron chi connectivity index (χ3n) is 9.62. The van der Waals surface area contributed by atoms with E-state index in [-0.39, 0.29) is 11.9 Å². The highest BCUT2D eigenvalue weighted by molar-refractivity contribution is 6.09. The van der Waals surface area contributed by atoms with Crippen LogP contribution in [0.25, 0.3) is 22.2 Å². The van der Waals surface area contributed by atoms with E-state index in [0.717, 1.165) is 85.6 Å². The SMILES string of the molecule is CCN(CC)CCN(CCN(CC)CC)Cc1c(-c2ccccc2)nc2ccccc2c1C(=O)N[C@@H](C)C1CCCCC1. The molecule has 2 aromatic carbocycles. The lowest BCUT2D eigenvalue weighted by Crippen LogP contribution is -2.41. The lowest BCUT2D eigenvalue weighted by atomic mass is 9.84. The number of nitrogens with zero attached hydrogens (tertiary/aromatic N) is 4. The molecular weight excluding hydrogens is 530 g/mol. The molecule has 1 aromatic heterocycles. The van der Waals surface area contributed by atoms with Gasteiger partial charge in [0, 0.05) is 55.3 Å². The van der Waals surface area contributed by atoms with Crippen LogP contribution in [-0.4, -0.2) is 84.0 Å². The summed E-state index contributed by atoms with van der Waals surface area (Å²) in [5, 5.41) is 4.43. The summed E-state index contributed by atoms with van der Waals surface area (Å²) in [6, 6.07) is 18.8. The fraction of sp³-hybridized carbons (Fsp3) is 0.568. The zero-order valence-corrected chi connectivity index (χ0v) is 27.4. The van der Waals surface area contributed by atoms with E-state index in [2.05, 4.69) is 85.0 Å². The van der Waals surface area contributed by atoms with Gasteiger partial charge in [-0.1, -0.05) is 95.5 Å². The summed E-state index contributed by atoms with van der Waals surface area (Å²) in [7, 11) is 0. The van der Waals surface area contributed by atoms with Crippen molar-refractivity contribution in [2.75, 3.05) is 52.4 Å². The number of benzene rings is 2. The summed E-state index contributed by atoms with van der Waals surface area (Å²) in [6.07, 6.45) is 6.24. The monoisotopic (exact) mass is 585 g/mol. The molecule has 0 spiro atoms. The van der Waals surface area contributed by atoms with Gasteiger partial charge in [-0.15, -0.1) is 0 Å². The highest BCUT2D eigenvalue weighted by atomic mass is 16.1. The first-order valence-corrected chi connectivity index (χ1v) is 16.9. The van der Waals surface area contributed by atoms with Crippen molar-refractivity contribution in [3.63, 3.8) is 0 Å². The largest absolute Gasteiger partial charge is 0.349 e. The summed E-state index contributed by atoms with van der Waals surface area (Å²) in [4.78, 5) is 27.2. The van der Waals surface area contributed by atoms with Gasteiger partial charge in [-0.05, 0) is 57.9 Å². The summed E-state index contributed by atoms with van der Waals surface area (Å²) in [6.45, 7) is 19.9. The number of carbonyl (C=O) groups is 1. The molecule has 1 N–H and O–H groups in total. The van der Waals surface area contributed by atoms with Crippen molar-refractivity contribution in [1.82, 2.24) is 25.0 Å². The molecule has 1 aliphatic rings. The molecule has 0 radical (unpaired) electrons. The van der Waals surface area contributed by atoms with Gasteiger partial charge in [0.2, 0.25) is 0 Å². The van der Waals surface area contributed by atoms with Crippen LogP contribution in [0.3, 0.4) is 0 Å². The number of para-hydroxylation sites is 1. The average Bonchev–Trinajstić information content (AvgIpc) is 3.05. The van der Waals surface area contributed by atoms with Crippen LogP contribution in [0, 0.1) is 5.92 Å². The minimum Gasteiger partial charge on any atom is -0.349 e. The molecule has 4 rings (SSSR count). The average molecular weight is 586 g/mol. The third-order valence-corrected chi connectivity index (χ3v) is 9.62. The number of carbonyl (C=O) groups excluding carboxylic acids is 1. The Balaban J connectivity index is 1.79. The minimum absolute atomic E-state index is 0.0382. The quantitative estimate of drug-likeness (QED) is 0.195. The molecule has 1 saturated carbocycles. The first kappa shape index (κ1) is 33.1. The molecule has 1 atom stereocenters. The Hall–Kier alpha value is -2.80. The standard InChI is InChI=1S/C37H55N5O/c1-6-40(7-2)24-26-42(27-25-41(8-3)9-4)28-33-35(37(43)38-29(5)30-18-12-10-13-19-30)32-22-16-17-23-34(32)39-36(33)31-20-14-11-15-21-31/h11,14-17,20-23,29-30H,6-10,12-13,18-19,24-28H2,1-5H3,(H,38,43)/t29-/m0/s1. The van der Waals surface area contributed by atoms with Gasteiger partial charge in [-0.3, -0.25) is 9.69 Å². The maximum atomic E-state index is 14.4. The van der Waals surface area contributed by atoms with E-state index in [1.165, 1.54) is 32.1 Å². The van der Waals surface area contributed by atoms with Crippen LogP contribution in [0.4, 0.5) is 0 Å². The molecule has 3 aromatic rings. The second-order valence-electron chi connectivity index (χ2n) is 12.2. The van der Waals surface area contributed by atoms with Crippen LogP contribution in [0.5, 0.6) is 0 Å². The molecule has 6 nitrogen and oxygen atoms in total. The second-order valence-corrected chi connectivity index (χ2v) is 12.2. The Morgan fingerprint density at radius 2 is 1.35 bits per heavy atom. The Labute approximate surface area is 260 Å². The van der Waals surface area contributed by atoms with Gasteiger partial charge in [0.05, 0.1) is 16.8 Å². The molecule has 0 saturated heterocycles. The second kappa shape index (κ2) is 16.9. The predicted octanol–water partition coefficient (Wildman–Crippen LogP) is 7.09. The minimum atomic E-state index is 0.0382. The number of amides is 1. The van der Waals surface area contributed by atoms with Crippen molar-refractivity contribution < 1.29 is 4.79 Å². The highest BCUT2D eigenvalue weighted by Crippen LogP contribution is 2.32. The smallest absolute Gasteiger partial charge is 0.252 e. The number of nitrogens with one attached hydrogen (secondary N) is 1. The Bertz CT molecular complexity index is 1250. The molecule has 1 aliphatic carbocycles. The van der Waals surface area contributed by atoms with E-state index < -0.39 is 0 Å². The molecule has 0 unspecified atom stereocenters. The van der Waals surface area contributed by atoms with E-state index in [1.807, 2.05) is 24.3 Å². The van der Waals surface area contributed by atoms with Crippen molar-refractivity contribution >= 4 is 16.8 Å². The molecule has 1 heterocycles. The van der Waals surface area contributed by atoms with Crippen LogP contribution in [0.15, 0.2) is 54.6 Å². The summed E-state index contributed by atoms with van der Waals surface area (Å²) < 4.78 is 0. The number of hydrogen-bond acceptors (Lipinski definition) is 5. The van der Waals surface area contributed by atoms with E-state index in [1.54, 1.807) is 0 Å². The number of likely N-dealkylation sites (N-methyl/N-ethyl adjacent to an activating group) is 2. The molecule has 6 heteroatoms. The number of pyridine rings is 1. The Morgan fingerprint density at radius 1 is 0.791 bits per heavy atom. The summed E-state index contributed by atoms with van der Waals surface area (Å²) in [5.74, 6) is 0.582. The first-order valence-electron chi connectivity index (χ1n) is 16.9. The van der Waals surface area contributed by atoms with E-state index in [0.29, 0.717) is 12.5 Å². The van der Waals surface area contributed by atoms with Crippen LogP contribution < -0.4 is 5.32 Å². The molecule has 0 aliphatic heterocycles. The van der Waals surface area contributed by atoms with Gasteiger partial charge in [-0.25, -0.2) is 4.98 Å². The normalized spacial score (nSPS) is 15.1. The van der Waals surface area contributed by atoms with Gasteiger partial charge in [0.15, 0.2) is 0 Å². The van der Waals surface area contributed by atoms with Crippen molar-refractivity contribution in [2.24, 2.45) is 5.92 Å². The predicted molar refractivity (Wildman–Crippen MR) is 182 cm³/mol. The number of rotatable bonds is 16. The summed E-state index contributed by atoms with van der Waals surface area (Å²) >= 11 is 0. The van der Waals surface area contributed by atoms with Crippen LogP contribution >= 0.6 is 0 Å². The van der Waals surface area contributed by atoms with Gasteiger partial charge in [0.25, 0.3) is 5.91 Å². The highest BCUT2D eigenvalue weighted by Gasteiger charge is 2.27. The molecule has 1 fully saturated rings. The third kappa shape index (κ3) is 8.87.